The first-order chi connectivity index (χ1) is 13.4. The van der Waals surface area contributed by atoms with Gasteiger partial charge in [-0.1, -0.05) is 22.9 Å². The van der Waals surface area contributed by atoms with E-state index in [1.165, 1.54) is 9.13 Å². The number of hydrogen-bond acceptors (Lipinski definition) is 5. The number of imidazole rings is 1. The minimum absolute atomic E-state index is 0.0769. The maximum absolute atomic E-state index is 13.1. The van der Waals surface area contributed by atoms with Crippen molar-refractivity contribution in [2.75, 3.05) is 18.1 Å². The van der Waals surface area contributed by atoms with E-state index in [9.17, 15) is 9.59 Å². The van der Waals surface area contributed by atoms with Crippen molar-refractivity contribution in [2.24, 2.45) is 13.0 Å². The molecule has 8 nitrogen and oxygen atoms in total. The number of aliphatic hydroxyl groups is 1. The molecule has 1 aromatic carbocycles. The molecule has 1 aliphatic rings. The summed E-state index contributed by atoms with van der Waals surface area (Å²) in [6.07, 6.45) is 0.350. The number of aliphatic hydroxyl groups excluding tert-OH is 1. The third-order valence-corrected chi connectivity index (χ3v) is 5.65. The van der Waals surface area contributed by atoms with Gasteiger partial charge in [0.15, 0.2) is 11.2 Å². The molecule has 2 aromatic heterocycles. The highest BCUT2D eigenvalue weighted by atomic mass is 79.9. The summed E-state index contributed by atoms with van der Waals surface area (Å²) < 4.78 is 5.52. The summed E-state index contributed by atoms with van der Waals surface area (Å²) in [5, 5.41) is 9.11. The average molecular weight is 448 g/mol. The molecule has 0 amide bonds. The Bertz CT molecular complexity index is 1150. The van der Waals surface area contributed by atoms with Crippen molar-refractivity contribution in [1.82, 2.24) is 18.7 Å². The standard InChI is InChI=1S/C19H22BrN5O3/c1-12-10-24(14-6-4-13(20)5-7-14)18-21-16-15(25(18)11-12)17(27)23(8-3-9-26)19(28)22(16)2/h4-7,12,26H,3,8-11H2,1-2H3. The summed E-state index contributed by atoms with van der Waals surface area (Å²) in [6, 6.07) is 7.95. The number of hydrogen-bond donors (Lipinski definition) is 1. The Hall–Kier alpha value is -2.39. The lowest BCUT2D eigenvalue weighted by Crippen LogP contribution is -2.40. The van der Waals surface area contributed by atoms with Crippen molar-refractivity contribution in [1.29, 1.82) is 0 Å². The van der Waals surface area contributed by atoms with E-state index in [1.807, 2.05) is 28.8 Å². The molecule has 28 heavy (non-hydrogen) atoms. The van der Waals surface area contributed by atoms with Gasteiger partial charge in [-0.15, -0.1) is 0 Å². The highest BCUT2D eigenvalue weighted by Gasteiger charge is 2.29. The van der Waals surface area contributed by atoms with Crippen molar-refractivity contribution < 1.29 is 5.11 Å². The molecule has 1 aliphatic heterocycles. The molecule has 1 atom stereocenters. The predicted octanol–water partition coefficient (Wildman–Crippen LogP) is 1.83. The summed E-state index contributed by atoms with van der Waals surface area (Å²) in [5.41, 5.74) is 1.04. The zero-order chi connectivity index (χ0) is 20.0. The molecule has 1 unspecified atom stereocenters. The molecule has 1 N–H and O–H groups in total. The van der Waals surface area contributed by atoms with Crippen LogP contribution in [-0.4, -0.2) is 36.9 Å². The van der Waals surface area contributed by atoms with E-state index in [2.05, 4.69) is 32.7 Å². The minimum Gasteiger partial charge on any atom is -0.396 e. The molecule has 0 saturated carbocycles. The molecule has 0 bridgehead atoms. The van der Waals surface area contributed by atoms with Crippen molar-refractivity contribution in [3.63, 3.8) is 0 Å². The first kappa shape index (κ1) is 18.9. The third-order valence-electron chi connectivity index (χ3n) is 5.12. The number of aryl methyl sites for hydroxylation is 1. The Labute approximate surface area is 169 Å². The second-order valence-corrected chi connectivity index (χ2v) is 8.18. The van der Waals surface area contributed by atoms with Crippen LogP contribution in [0, 0.1) is 5.92 Å². The number of rotatable bonds is 4. The summed E-state index contributed by atoms with van der Waals surface area (Å²) in [7, 11) is 1.63. The normalized spacial score (nSPS) is 16.6. The van der Waals surface area contributed by atoms with E-state index in [1.54, 1.807) is 7.05 Å². The largest absolute Gasteiger partial charge is 0.396 e. The molecule has 3 heterocycles. The second-order valence-electron chi connectivity index (χ2n) is 7.26. The molecule has 4 rings (SSSR count). The van der Waals surface area contributed by atoms with Crippen LogP contribution in [0.1, 0.15) is 13.3 Å². The Balaban J connectivity index is 1.96. The lowest BCUT2D eigenvalue weighted by molar-refractivity contribution is 0.277. The fraction of sp³-hybridized carbons (Fsp3) is 0.421. The highest BCUT2D eigenvalue weighted by Crippen LogP contribution is 2.33. The van der Waals surface area contributed by atoms with Crippen LogP contribution < -0.4 is 16.1 Å². The fourth-order valence-electron chi connectivity index (χ4n) is 3.77. The molecule has 9 heteroatoms. The SMILES string of the molecule is CC1CN(c2ccc(Br)cc2)c2nc3c(c(=O)n(CCCO)c(=O)n3C)n2C1. The van der Waals surface area contributed by atoms with Gasteiger partial charge in [0.25, 0.3) is 5.56 Å². The van der Waals surface area contributed by atoms with E-state index in [-0.39, 0.29) is 18.7 Å². The van der Waals surface area contributed by atoms with Crippen molar-refractivity contribution in [3.05, 3.63) is 49.6 Å². The summed E-state index contributed by atoms with van der Waals surface area (Å²) in [4.78, 5) is 32.5. The first-order valence-corrected chi connectivity index (χ1v) is 10.1. The van der Waals surface area contributed by atoms with E-state index in [4.69, 9.17) is 5.11 Å². The van der Waals surface area contributed by atoms with Crippen molar-refractivity contribution >= 4 is 38.7 Å². The summed E-state index contributed by atoms with van der Waals surface area (Å²) in [6.45, 7) is 3.67. The van der Waals surface area contributed by atoms with Gasteiger partial charge in [-0.25, -0.2) is 4.79 Å². The highest BCUT2D eigenvalue weighted by molar-refractivity contribution is 9.10. The second kappa shape index (κ2) is 7.21. The van der Waals surface area contributed by atoms with Gasteiger partial charge in [0, 0.05) is 43.4 Å². The van der Waals surface area contributed by atoms with Crippen molar-refractivity contribution in [2.45, 2.75) is 26.4 Å². The zero-order valence-electron chi connectivity index (χ0n) is 15.8. The molecule has 3 aromatic rings. The monoisotopic (exact) mass is 447 g/mol. The molecule has 0 saturated heterocycles. The summed E-state index contributed by atoms with van der Waals surface area (Å²) in [5.74, 6) is 0.971. The minimum atomic E-state index is -0.412. The van der Waals surface area contributed by atoms with E-state index < -0.39 is 5.69 Å². The van der Waals surface area contributed by atoms with E-state index in [0.29, 0.717) is 36.0 Å². The molecule has 0 fully saturated rings. The van der Waals surface area contributed by atoms with Crippen LogP contribution in [0.2, 0.25) is 0 Å². The van der Waals surface area contributed by atoms with Crippen LogP contribution in [0.3, 0.4) is 0 Å². The van der Waals surface area contributed by atoms with Crippen LogP contribution in [0.15, 0.2) is 38.3 Å². The quantitative estimate of drug-likeness (QED) is 0.659. The van der Waals surface area contributed by atoms with Crippen LogP contribution in [0.5, 0.6) is 0 Å². The lowest BCUT2D eigenvalue weighted by Gasteiger charge is -2.33. The summed E-state index contributed by atoms with van der Waals surface area (Å²) >= 11 is 3.46. The molecule has 148 valence electrons. The number of anilines is 2. The predicted molar refractivity (Wildman–Crippen MR) is 111 cm³/mol. The van der Waals surface area contributed by atoms with Gasteiger partial charge < -0.3 is 14.6 Å². The van der Waals surface area contributed by atoms with Gasteiger partial charge in [0.2, 0.25) is 5.95 Å². The number of benzene rings is 1. The van der Waals surface area contributed by atoms with Crippen LogP contribution >= 0.6 is 15.9 Å². The molecule has 0 radical (unpaired) electrons. The smallest absolute Gasteiger partial charge is 0.332 e. The van der Waals surface area contributed by atoms with Gasteiger partial charge in [0.1, 0.15) is 0 Å². The molecular formula is C19H22BrN5O3. The number of halogens is 1. The third kappa shape index (κ3) is 2.98. The number of nitrogens with zero attached hydrogens (tertiary/aromatic N) is 5. The Morgan fingerprint density at radius 1 is 1.21 bits per heavy atom. The van der Waals surface area contributed by atoms with Crippen LogP contribution in [-0.2, 0) is 20.1 Å². The average Bonchev–Trinajstić information content (AvgIpc) is 3.06. The lowest BCUT2D eigenvalue weighted by atomic mass is 10.1. The zero-order valence-corrected chi connectivity index (χ0v) is 17.4. The Morgan fingerprint density at radius 2 is 1.93 bits per heavy atom. The van der Waals surface area contributed by atoms with E-state index >= 15 is 0 Å². The van der Waals surface area contributed by atoms with Gasteiger partial charge in [-0.2, -0.15) is 4.98 Å². The first-order valence-electron chi connectivity index (χ1n) is 9.26. The topological polar surface area (TPSA) is 85.3 Å². The molecular weight excluding hydrogens is 426 g/mol. The van der Waals surface area contributed by atoms with Crippen LogP contribution in [0.25, 0.3) is 11.2 Å². The number of fused-ring (bicyclic) bond motifs is 3. The maximum Gasteiger partial charge on any atom is 0.332 e. The Morgan fingerprint density at radius 3 is 2.61 bits per heavy atom. The Kier molecular flexibility index (Phi) is 4.88. The molecule has 0 aliphatic carbocycles. The van der Waals surface area contributed by atoms with E-state index in [0.717, 1.165) is 16.7 Å². The maximum atomic E-state index is 13.1. The van der Waals surface area contributed by atoms with Gasteiger partial charge in [0.05, 0.1) is 0 Å². The number of aromatic nitrogens is 4. The van der Waals surface area contributed by atoms with Gasteiger partial charge in [-0.05, 0) is 36.6 Å². The van der Waals surface area contributed by atoms with Crippen LogP contribution in [0.4, 0.5) is 11.6 Å². The molecule has 0 spiro atoms. The van der Waals surface area contributed by atoms with Crippen molar-refractivity contribution in [3.8, 4) is 0 Å². The van der Waals surface area contributed by atoms with Gasteiger partial charge >= 0.3 is 5.69 Å². The fourth-order valence-corrected chi connectivity index (χ4v) is 4.03. The van der Waals surface area contributed by atoms with Gasteiger partial charge in [-0.3, -0.25) is 13.9 Å².